The monoisotopic (exact) mass is 313 g/mol. The Balaban J connectivity index is 2.18. The molecular weight excluding hydrogens is 293 g/mol. The highest BCUT2D eigenvalue weighted by molar-refractivity contribution is 6.42. The van der Waals surface area contributed by atoms with Gasteiger partial charge in [0, 0.05) is 11.8 Å². The minimum absolute atomic E-state index is 0.175. The van der Waals surface area contributed by atoms with Gasteiger partial charge in [-0.05, 0) is 44.0 Å². The molecule has 1 aliphatic rings. The zero-order valence-electron chi connectivity index (χ0n) is 11.8. The fourth-order valence-corrected chi connectivity index (χ4v) is 3.48. The van der Waals surface area contributed by atoms with Crippen LogP contribution in [0.4, 0.5) is 0 Å². The predicted molar refractivity (Wildman–Crippen MR) is 84.6 cm³/mol. The quantitative estimate of drug-likeness (QED) is 0.879. The van der Waals surface area contributed by atoms with Crippen molar-refractivity contribution in [2.75, 3.05) is 13.1 Å². The summed E-state index contributed by atoms with van der Waals surface area (Å²) in [5.74, 6) is 0.310. The number of hydrogen-bond donors (Lipinski definition) is 1. The first-order valence-electron chi connectivity index (χ1n) is 7.26. The van der Waals surface area contributed by atoms with Crippen molar-refractivity contribution >= 4 is 29.0 Å². The fourth-order valence-electron chi connectivity index (χ4n) is 3.10. The highest BCUT2D eigenvalue weighted by Gasteiger charge is 2.38. The Labute approximate surface area is 130 Å². The van der Waals surface area contributed by atoms with Crippen molar-refractivity contribution in [1.82, 2.24) is 5.32 Å². The van der Waals surface area contributed by atoms with Crippen LogP contribution in [0.25, 0.3) is 0 Å². The van der Waals surface area contributed by atoms with E-state index in [0.29, 0.717) is 22.2 Å². The molecule has 20 heavy (non-hydrogen) atoms. The van der Waals surface area contributed by atoms with Crippen LogP contribution in [0.5, 0.6) is 0 Å². The molecule has 4 heteroatoms. The Bertz CT molecular complexity index is 476. The van der Waals surface area contributed by atoms with Crippen molar-refractivity contribution in [1.29, 1.82) is 0 Å². The van der Waals surface area contributed by atoms with Crippen LogP contribution in [0.2, 0.25) is 10.0 Å². The first-order chi connectivity index (χ1) is 9.59. The Morgan fingerprint density at radius 3 is 2.65 bits per heavy atom. The van der Waals surface area contributed by atoms with Crippen molar-refractivity contribution in [3.8, 4) is 0 Å². The molecular formula is C16H21Cl2NO. The molecule has 0 atom stereocenters. The maximum atomic E-state index is 12.8. The summed E-state index contributed by atoms with van der Waals surface area (Å²) in [7, 11) is 0. The summed E-state index contributed by atoms with van der Waals surface area (Å²) in [6.45, 7) is 3.99. The lowest BCUT2D eigenvalue weighted by Crippen LogP contribution is -2.42. The number of nitrogens with one attached hydrogen (secondary N) is 1. The molecule has 0 amide bonds. The van der Waals surface area contributed by atoms with Crippen LogP contribution < -0.4 is 5.32 Å². The van der Waals surface area contributed by atoms with Gasteiger partial charge in [-0.1, -0.05) is 48.7 Å². The second kappa shape index (κ2) is 6.93. The summed E-state index contributed by atoms with van der Waals surface area (Å²) < 4.78 is 0. The third-order valence-corrected chi connectivity index (χ3v) is 5.12. The molecule has 2 nitrogen and oxygen atoms in total. The average Bonchev–Trinajstić information content (AvgIpc) is 2.45. The number of carbonyl (C=O) groups is 1. The largest absolute Gasteiger partial charge is 0.317 e. The van der Waals surface area contributed by atoms with E-state index in [-0.39, 0.29) is 5.41 Å². The molecule has 1 heterocycles. The Kier molecular flexibility index (Phi) is 5.48. The molecule has 1 aromatic rings. The number of piperidine rings is 1. The van der Waals surface area contributed by atoms with E-state index in [4.69, 9.17) is 23.2 Å². The molecule has 0 saturated carbocycles. The van der Waals surface area contributed by atoms with Gasteiger partial charge in [0.25, 0.3) is 0 Å². The Morgan fingerprint density at radius 1 is 1.30 bits per heavy atom. The molecule has 1 aromatic carbocycles. The highest BCUT2D eigenvalue weighted by atomic mass is 35.5. The van der Waals surface area contributed by atoms with Crippen LogP contribution in [-0.2, 0) is 11.2 Å². The predicted octanol–water partition coefficient (Wildman–Crippen LogP) is 4.27. The second-order valence-corrected chi connectivity index (χ2v) is 6.38. The SMILES string of the molecule is CCCC1(C(=O)Cc2cccc(Cl)c2Cl)CCNCC1. The lowest BCUT2D eigenvalue weighted by Gasteiger charge is -2.36. The number of halogens is 2. The summed E-state index contributed by atoms with van der Waals surface area (Å²) in [5.41, 5.74) is 0.671. The maximum absolute atomic E-state index is 12.8. The van der Waals surface area contributed by atoms with Gasteiger partial charge in [-0.2, -0.15) is 0 Å². The van der Waals surface area contributed by atoms with E-state index in [0.717, 1.165) is 44.3 Å². The van der Waals surface area contributed by atoms with Gasteiger partial charge < -0.3 is 5.32 Å². The molecule has 110 valence electrons. The molecule has 0 unspecified atom stereocenters. The van der Waals surface area contributed by atoms with E-state index in [9.17, 15) is 4.79 Å². The molecule has 0 bridgehead atoms. The van der Waals surface area contributed by atoms with Crippen LogP contribution in [0.1, 0.15) is 38.2 Å². The number of carbonyl (C=O) groups excluding carboxylic acids is 1. The van der Waals surface area contributed by atoms with Gasteiger partial charge in [-0.25, -0.2) is 0 Å². The third kappa shape index (κ3) is 3.36. The van der Waals surface area contributed by atoms with Crippen molar-refractivity contribution in [3.63, 3.8) is 0 Å². The van der Waals surface area contributed by atoms with Gasteiger partial charge in [0.15, 0.2) is 0 Å². The van der Waals surface area contributed by atoms with Crippen molar-refractivity contribution < 1.29 is 4.79 Å². The van der Waals surface area contributed by atoms with E-state index in [1.54, 1.807) is 6.07 Å². The fraction of sp³-hybridized carbons (Fsp3) is 0.562. The van der Waals surface area contributed by atoms with Crippen LogP contribution in [0.3, 0.4) is 0 Å². The molecule has 0 aromatic heterocycles. The first kappa shape index (κ1) is 15.8. The van der Waals surface area contributed by atoms with Crippen LogP contribution in [0, 0.1) is 5.41 Å². The van der Waals surface area contributed by atoms with Crippen LogP contribution in [0.15, 0.2) is 18.2 Å². The summed E-state index contributed by atoms with van der Waals surface area (Å²) >= 11 is 12.2. The maximum Gasteiger partial charge on any atom is 0.143 e. The minimum Gasteiger partial charge on any atom is -0.317 e. The van der Waals surface area contributed by atoms with Crippen LogP contribution in [-0.4, -0.2) is 18.9 Å². The highest BCUT2D eigenvalue weighted by Crippen LogP contribution is 2.37. The number of hydrogen-bond acceptors (Lipinski definition) is 2. The molecule has 0 aliphatic carbocycles. The number of benzene rings is 1. The van der Waals surface area contributed by atoms with Gasteiger partial charge in [0.1, 0.15) is 5.78 Å². The van der Waals surface area contributed by atoms with Gasteiger partial charge in [0.2, 0.25) is 0 Å². The van der Waals surface area contributed by atoms with E-state index in [1.165, 1.54) is 0 Å². The van der Waals surface area contributed by atoms with E-state index < -0.39 is 0 Å². The molecule has 0 spiro atoms. The zero-order valence-corrected chi connectivity index (χ0v) is 13.4. The molecule has 1 N–H and O–H groups in total. The van der Waals surface area contributed by atoms with E-state index >= 15 is 0 Å². The number of Topliss-reactive ketones (excluding diaryl/α,β-unsaturated/α-hetero) is 1. The minimum atomic E-state index is -0.175. The van der Waals surface area contributed by atoms with E-state index in [1.807, 2.05) is 12.1 Å². The summed E-state index contributed by atoms with van der Waals surface area (Å²) in [6, 6.07) is 5.50. The topological polar surface area (TPSA) is 29.1 Å². The van der Waals surface area contributed by atoms with Crippen molar-refractivity contribution in [2.24, 2.45) is 5.41 Å². The lowest BCUT2D eigenvalue weighted by atomic mass is 9.70. The third-order valence-electron chi connectivity index (χ3n) is 4.26. The van der Waals surface area contributed by atoms with E-state index in [2.05, 4.69) is 12.2 Å². The summed E-state index contributed by atoms with van der Waals surface area (Å²) in [5, 5.41) is 4.37. The number of rotatable bonds is 5. The average molecular weight is 314 g/mol. The summed E-state index contributed by atoms with van der Waals surface area (Å²) in [4.78, 5) is 12.8. The normalized spacial score (nSPS) is 17.9. The van der Waals surface area contributed by atoms with Crippen molar-refractivity contribution in [3.05, 3.63) is 33.8 Å². The Morgan fingerprint density at radius 2 is 2.00 bits per heavy atom. The van der Waals surface area contributed by atoms with Gasteiger partial charge >= 0.3 is 0 Å². The molecule has 2 rings (SSSR count). The zero-order chi connectivity index (χ0) is 14.6. The molecule has 1 fully saturated rings. The Hall–Kier alpha value is -0.570. The lowest BCUT2D eigenvalue weighted by molar-refractivity contribution is -0.130. The van der Waals surface area contributed by atoms with Gasteiger partial charge in [-0.15, -0.1) is 0 Å². The summed E-state index contributed by atoms with van der Waals surface area (Å²) in [6.07, 6.45) is 4.25. The molecule has 1 aliphatic heterocycles. The second-order valence-electron chi connectivity index (χ2n) is 5.59. The molecule has 0 radical (unpaired) electrons. The first-order valence-corrected chi connectivity index (χ1v) is 8.01. The number of ketones is 1. The van der Waals surface area contributed by atoms with Crippen LogP contribution >= 0.6 is 23.2 Å². The van der Waals surface area contributed by atoms with Gasteiger partial charge in [0.05, 0.1) is 10.0 Å². The smallest absolute Gasteiger partial charge is 0.143 e. The van der Waals surface area contributed by atoms with Crippen molar-refractivity contribution in [2.45, 2.75) is 39.0 Å². The standard InChI is InChI=1S/C16H21Cl2NO/c1-2-6-16(7-9-19-10-8-16)14(20)11-12-4-3-5-13(17)15(12)18/h3-5,19H,2,6-11H2,1H3. The van der Waals surface area contributed by atoms with Gasteiger partial charge in [-0.3, -0.25) is 4.79 Å². The molecule has 1 saturated heterocycles.